The Balaban J connectivity index is 0.000000330. The fraction of sp³-hybridized carbons (Fsp3) is 0.440. The van der Waals surface area contributed by atoms with Crippen molar-refractivity contribution in [2.75, 3.05) is 0 Å². The monoisotopic (exact) mass is 949 g/mol. The molecular weight excluding hydrogens is 887 g/mol. The number of furan rings is 1. The molecule has 6 aromatic rings. The number of pyridine rings is 1. The molecule has 0 unspecified atom stereocenters. The van der Waals surface area contributed by atoms with E-state index in [2.05, 4.69) is 109 Å². The van der Waals surface area contributed by atoms with Crippen molar-refractivity contribution in [3.05, 3.63) is 101 Å². The van der Waals surface area contributed by atoms with Gasteiger partial charge in [-0.3, -0.25) is 9.78 Å². The average Bonchev–Trinajstić information content (AvgIpc) is 3.67. The number of nitrogens with zero attached hydrogens (tertiary/aromatic N) is 1. The van der Waals surface area contributed by atoms with Crippen molar-refractivity contribution >= 4 is 48.9 Å². The van der Waals surface area contributed by atoms with Crippen LogP contribution in [-0.2, 0) is 36.7 Å². The Morgan fingerprint density at radius 2 is 1.54 bits per heavy atom. The van der Waals surface area contributed by atoms with Gasteiger partial charge in [-0.05, 0) is 92.0 Å². The van der Waals surface area contributed by atoms with Crippen molar-refractivity contribution in [2.24, 2.45) is 16.7 Å². The number of hydrogen-bond donors (Lipinski definition) is 1. The normalized spacial score (nSPS) is 12.6. The number of hydrogen-bond acceptors (Lipinski definition) is 5. The van der Waals surface area contributed by atoms with Gasteiger partial charge in [-0.2, -0.15) is 0 Å². The van der Waals surface area contributed by atoms with Crippen LogP contribution in [0.4, 0.5) is 0 Å². The van der Waals surface area contributed by atoms with Crippen LogP contribution in [0.15, 0.2) is 77.0 Å². The quantitative estimate of drug-likeness (QED) is 0.0798. The Kier molecular flexibility index (Phi) is 14.4. The summed E-state index contributed by atoms with van der Waals surface area (Å²) in [4.78, 5) is 18.4. The maximum Gasteiger partial charge on any atom is 0.164 e. The number of aryl methyl sites for hydroxylation is 2. The van der Waals surface area contributed by atoms with Gasteiger partial charge in [0.05, 0.1) is 0 Å². The summed E-state index contributed by atoms with van der Waals surface area (Å²) in [7, 11) is 0. The first-order valence-corrected chi connectivity index (χ1v) is 21.0. The Morgan fingerprint density at radius 3 is 2.14 bits per heavy atom. The number of aliphatic hydroxyl groups excluding tert-OH is 1. The van der Waals surface area contributed by atoms with E-state index in [1.165, 1.54) is 54.1 Å². The number of rotatable bonds is 11. The molecule has 1 N–H and O–H groups in total. The van der Waals surface area contributed by atoms with Crippen LogP contribution in [-0.4, -0.2) is 15.9 Å². The van der Waals surface area contributed by atoms with Gasteiger partial charge in [-0.15, -0.1) is 40.5 Å². The summed E-state index contributed by atoms with van der Waals surface area (Å²) in [5.74, 6) is 1.87. The Morgan fingerprint density at radius 1 is 0.893 bits per heavy atom. The van der Waals surface area contributed by atoms with Gasteiger partial charge in [0.15, 0.2) is 5.78 Å². The zero-order chi connectivity index (χ0) is 40.5. The summed E-state index contributed by atoms with van der Waals surface area (Å²) < 4.78 is 7.51. The molecule has 0 amide bonds. The van der Waals surface area contributed by atoms with Crippen LogP contribution >= 0.6 is 11.3 Å². The van der Waals surface area contributed by atoms with Crippen LogP contribution in [0.3, 0.4) is 0 Å². The first-order chi connectivity index (χ1) is 25.9. The summed E-state index contributed by atoms with van der Waals surface area (Å²) in [5, 5.41) is 14.9. The maximum atomic E-state index is 12.2. The first-order valence-electron chi connectivity index (χ1n) is 20.2. The number of carbonyl (C=O) groups is 1. The zero-order valence-corrected chi connectivity index (χ0v) is 39.1. The van der Waals surface area contributed by atoms with Gasteiger partial charge in [0.2, 0.25) is 0 Å². The molecule has 4 nitrogen and oxygen atoms in total. The summed E-state index contributed by atoms with van der Waals surface area (Å²) in [5.41, 5.74) is 7.57. The topological polar surface area (TPSA) is 63.3 Å². The predicted molar refractivity (Wildman–Crippen MR) is 236 cm³/mol. The van der Waals surface area contributed by atoms with Crippen LogP contribution in [0.2, 0.25) is 0 Å². The van der Waals surface area contributed by atoms with Gasteiger partial charge >= 0.3 is 0 Å². The second-order valence-corrected chi connectivity index (χ2v) is 18.4. The summed E-state index contributed by atoms with van der Waals surface area (Å²) in [6.45, 7) is 27.8. The number of aliphatic hydroxyl groups is 1. The molecule has 0 saturated heterocycles. The van der Waals surface area contributed by atoms with Crippen molar-refractivity contribution in [3.8, 4) is 21.7 Å². The molecule has 0 aliphatic carbocycles. The second kappa shape index (κ2) is 17.9. The van der Waals surface area contributed by atoms with Gasteiger partial charge < -0.3 is 9.52 Å². The fourth-order valence-electron chi connectivity index (χ4n) is 7.44. The van der Waals surface area contributed by atoms with Crippen LogP contribution in [0.1, 0.15) is 124 Å². The maximum absolute atomic E-state index is 12.2. The molecule has 0 aliphatic heterocycles. The molecule has 1 radical (unpaired) electrons. The molecule has 6 rings (SSSR count). The zero-order valence-electron chi connectivity index (χ0n) is 35.9. The number of benzene rings is 3. The molecule has 0 bridgehead atoms. The minimum absolute atomic E-state index is 0. The largest absolute Gasteiger partial charge is 0.512 e. The minimum Gasteiger partial charge on any atom is -0.512 e. The van der Waals surface area contributed by atoms with Crippen molar-refractivity contribution in [3.63, 3.8) is 0 Å². The number of fused-ring (bicyclic) bond motifs is 3. The molecule has 0 aliphatic rings. The molecule has 0 atom stereocenters. The van der Waals surface area contributed by atoms with E-state index in [1.807, 2.05) is 59.1 Å². The molecule has 3 aromatic heterocycles. The number of carbonyl (C=O) groups excluding carboxylic acids is 1. The van der Waals surface area contributed by atoms with Gasteiger partial charge in [-0.25, -0.2) is 0 Å². The van der Waals surface area contributed by atoms with E-state index >= 15 is 0 Å². The number of thiophene rings is 1. The van der Waals surface area contributed by atoms with E-state index in [1.54, 1.807) is 0 Å². The summed E-state index contributed by atoms with van der Waals surface area (Å²) in [6, 6.07) is 23.4. The molecule has 56 heavy (non-hydrogen) atoms. The summed E-state index contributed by atoms with van der Waals surface area (Å²) in [6.07, 6.45) is 7.76. The van der Waals surface area contributed by atoms with E-state index in [-0.39, 0.29) is 47.9 Å². The van der Waals surface area contributed by atoms with Gasteiger partial charge in [0.25, 0.3) is 0 Å². The summed E-state index contributed by atoms with van der Waals surface area (Å²) >= 11 is 1.84. The average molecular weight is 949 g/mol. The molecule has 3 aromatic carbocycles. The molecule has 6 heteroatoms. The molecule has 3 heterocycles. The van der Waals surface area contributed by atoms with Crippen LogP contribution in [0.25, 0.3) is 53.5 Å². The number of aromatic nitrogens is 1. The minimum atomic E-state index is -0.337. The van der Waals surface area contributed by atoms with E-state index in [4.69, 9.17) is 9.40 Å². The Bertz CT molecular complexity index is 2340. The SMILES string of the molecule is CCC(C)(CC)C(=O)/C=C(\O)C(C)(CC)CC.Cc1oc2ccc(CC(C)C)cc2c1-c1sc2ccnc(-c3[c-]c4ccccc4c(C(C)(C)C)c3)c2c1C.[Ir]. The first kappa shape index (κ1) is 45.1. The van der Waals surface area contributed by atoms with E-state index in [9.17, 15) is 9.90 Å². The van der Waals surface area contributed by atoms with Crippen LogP contribution in [0, 0.1) is 36.7 Å². The molecular formula is C50H62IrNO3S-. The smallest absolute Gasteiger partial charge is 0.164 e. The standard InChI is InChI=1S/C35H34NOS.C15H28O2.Ir/c1-20(2)16-23-12-13-29-27(17-23)32(22(4)37-29)34-21(3)31-30(38-34)14-15-36-33(31)25-18-24-10-8-9-11-26(24)28(19-25)35(5,6)7;1-7-14(5,8-2)12(16)11-13(17)15(6,9-3)10-4;/h8-15,17,19-20H,16H2,1-7H3;11,16H,7-10H2,1-6H3;/q-1;;/b;12-11-;. The van der Waals surface area contributed by atoms with Crippen molar-refractivity contribution in [1.29, 1.82) is 0 Å². The second-order valence-electron chi connectivity index (χ2n) is 17.4. The molecule has 0 spiro atoms. The number of ketones is 1. The van der Waals surface area contributed by atoms with Gasteiger partial charge in [-0.1, -0.05) is 111 Å². The van der Waals surface area contributed by atoms with Crippen LogP contribution < -0.4 is 0 Å². The molecule has 0 fully saturated rings. The van der Waals surface area contributed by atoms with E-state index in [0.29, 0.717) is 5.92 Å². The predicted octanol–water partition coefficient (Wildman–Crippen LogP) is 15.1. The van der Waals surface area contributed by atoms with E-state index < -0.39 is 0 Å². The van der Waals surface area contributed by atoms with Crippen molar-refractivity contribution < 1.29 is 34.4 Å². The third kappa shape index (κ3) is 9.09. The molecule has 301 valence electrons. The van der Waals surface area contributed by atoms with Crippen molar-refractivity contribution in [2.45, 2.75) is 128 Å². The number of allylic oxidation sites excluding steroid dienone is 2. The van der Waals surface area contributed by atoms with Crippen molar-refractivity contribution in [1.82, 2.24) is 4.98 Å². The third-order valence-electron chi connectivity index (χ3n) is 12.1. The van der Waals surface area contributed by atoms with Crippen LogP contribution in [0.5, 0.6) is 0 Å². The molecule has 0 saturated carbocycles. The fourth-order valence-corrected chi connectivity index (χ4v) is 8.76. The van der Waals surface area contributed by atoms with Gasteiger partial charge in [0.1, 0.15) is 17.1 Å². The Labute approximate surface area is 353 Å². The van der Waals surface area contributed by atoms with E-state index in [0.717, 1.165) is 60.1 Å². The third-order valence-corrected chi connectivity index (χ3v) is 13.4. The Hall–Kier alpha value is -3.57. The van der Waals surface area contributed by atoms with Gasteiger partial charge in [0, 0.05) is 69.4 Å².